The molecule has 0 amide bonds. The van der Waals surface area contributed by atoms with E-state index in [0.717, 1.165) is 89.2 Å². The van der Waals surface area contributed by atoms with Gasteiger partial charge in [-0.25, -0.2) is 9.97 Å². The minimum atomic E-state index is -0.698. The van der Waals surface area contributed by atoms with Gasteiger partial charge >= 0.3 is 0 Å². The fourth-order valence-electron chi connectivity index (χ4n) is 4.19. The van der Waals surface area contributed by atoms with E-state index in [1.807, 2.05) is 13.0 Å². The second-order valence-electron chi connectivity index (χ2n) is 7.94. The highest BCUT2D eigenvalue weighted by Crippen LogP contribution is 2.23. The zero-order chi connectivity index (χ0) is 21.2. The van der Waals surface area contributed by atoms with Crippen molar-refractivity contribution in [2.24, 2.45) is 4.99 Å². The van der Waals surface area contributed by atoms with E-state index >= 15 is 0 Å². The van der Waals surface area contributed by atoms with Crippen LogP contribution in [0.5, 0.6) is 0 Å². The lowest BCUT2D eigenvalue weighted by Gasteiger charge is -2.34. The molecule has 3 atom stereocenters. The monoisotopic (exact) mass is 435 g/mol. The van der Waals surface area contributed by atoms with Gasteiger partial charge in [-0.05, 0) is 32.3 Å². The molecule has 30 heavy (non-hydrogen) atoms. The Bertz CT molecular complexity index is 679. The molecule has 0 radical (unpaired) electrons. The summed E-state index contributed by atoms with van der Waals surface area (Å²) in [5.74, 6) is 2.47. The number of hydrogen-bond donors (Lipinski definition) is 2. The smallest absolute Gasteiger partial charge is 0.225 e. The van der Waals surface area contributed by atoms with Crippen LogP contribution in [0.15, 0.2) is 23.5 Å². The summed E-state index contributed by atoms with van der Waals surface area (Å²) in [5.41, 5.74) is 0. The first kappa shape index (κ1) is 22.9. The molecular formula is C21H37N7OS. The van der Waals surface area contributed by atoms with Crippen LogP contribution in [-0.2, 0) is 10.8 Å². The quantitative estimate of drug-likeness (QED) is 0.469. The molecule has 1 aliphatic heterocycles. The third-order valence-electron chi connectivity index (χ3n) is 5.86. The number of anilines is 1. The van der Waals surface area contributed by atoms with Gasteiger partial charge in [0.1, 0.15) is 0 Å². The second-order valence-corrected chi connectivity index (χ2v) is 9.94. The van der Waals surface area contributed by atoms with E-state index in [4.69, 9.17) is 4.99 Å². The summed E-state index contributed by atoms with van der Waals surface area (Å²) in [4.78, 5) is 18.2. The van der Waals surface area contributed by atoms with E-state index in [-0.39, 0.29) is 0 Å². The summed E-state index contributed by atoms with van der Waals surface area (Å²) in [5, 5.41) is 7.30. The van der Waals surface area contributed by atoms with E-state index in [1.54, 1.807) is 12.4 Å². The lowest BCUT2D eigenvalue weighted by Crippen LogP contribution is -2.48. The molecule has 2 fully saturated rings. The van der Waals surface area contributed by atoms with Crippen LogP contribution in [0.2, 0.25) is 0 Å². The highest BCUT2D eigenvalue weighted by Gasteiger charge is 2.26. The van der Waals surface area contributed by atoms with Gasteiger partial charge in [0, 0.05) is 79.5 Å². The van der Waals surface area contributed by atoms with E-state index in [1.165, 1.54) is 0 Å². The van der Waals surface area contributed by atoms with E-state index in [2.05, 4.69) is 37.3 Å². The van der Waals surface area contributed by atoms with Crippen molar-refractivity contribution >= 4 is 22.7 Å². The number of nitrogens with zero attached hydrogens (tertiary/aromatic N) is 5. The molecule has 1 saturated heterocycles. The molecule has 1 saturated carbocycles. The van der Waals surface area contributed by atoms with Crippen molar-refractivity contribution in [3.05, 3.63) is 18.5 Å². The van der Waals surface area contributed by atoms with Crippen molar-refractivity contribution < 1.29 is 4.21 Å². The van der Waals surface area contributed by atoms with Gasteiger partial charge in [-0.3, -0.25) is 14.1 Å². The molecule has 1 aliphatic carbocycles. The zero-order valence-corrected chi connectivity index (χ0v) is 19.2. The van der Waals surface area contributed by atoms with Gasteiger partial charge in [-0.15, -0.1) is 0 Å². The highest BCUT2D eigenvalue weighted by molar-refractivity contribution is 7.85. The lowest BCUT2D eigenvalue weighted by molar-refractivity contribution is 0.263. The molecule has 2 N–H and O–H groups in total. The standard InChI is InChI=1S/C21H37N7OS/c1-3-22-20(26-18-7-5-8-19(17-18)30(29)4-2)23-11-12-27-13-15-28(16-14-27)21-24-9-6-10-25-21/h6,9-10,18-19H,3-5,7-8,11-17H2,1-2H3,(H2,22,23,26). The van der Waals surface area contributed by atoms with Crippen molar-refractivity contribution in [1.29, 1.82) is 0 Å². The number of aliphatic imine (C=N–C) groups is 1. The number of aromatic nitrogens is 2. The van der Waals surface area contributed by atoms with Crippen LogP contribution in [0.25, 0.3) is 0 Å². The Balaban J connectivity index is 1.43. The topological polar surface area (TPSA) is 85.8 Å². The van der Waals surface area contributed by atoms with E-state index in [0.29, 0.717) is 11.3 Å². The SMILES string of the molecule is CCNC(=NCCN1CCN(c2ncccn2)CC1)NC1CCCC(S(=O)CC)C1. The fourth-order valence-corrected chi connectivity index (χ4v) is 5.54. The summed E-state index contributed by atoms with van der Waals surface area (Å²) in [7, 11) is -0.698. The maximum atomic E-state index is 12.2. The Morgan fingerprint density at radius 1 is 1.20 bits per heavy atom. The lowest BCUT2D eigenvalue weighted by atomic mass is 9.95. The average molecular weight is 436 g/mol. The van der Waals surface area contributed by atoms with Gasteiger partial charge in [0.2, 0.25) is 5.95 Å². The molecule has 1 aromatic rings. The number of nitrogens with one attached hydrogen (secondary N) is 2. The molecule has 1 aromatic heterocycles. The molecule has 3 rings (SSSR count). The number of piperazine rings is 1. The Labute approximate surface area is 183 Å². The van der Waals surface area contributed by atoms with Crippen LogP contribution in [0, 0.1) is 0 Å². The van der Waals surface area contributed by atoms with Crippen LogP contribution in [-0.4, -0.2) is 87.9 Å². The van der Waals surface area contributed by atoms with Crippen LogP contribution < -0.4 is 15.5 Å². The van der Waals surface area contributed by atoms with Gasteiger partial charge in [0.15, 0.2) is 5.96 Å². The number of hydrogen-bond acceptors (Lipinski definition) is 6. The van der Waals surface area contributed by atoms with Gasteiger partial charge in [0.25, 0.3) is 0 Å². The predicted molar refractivity (Wildman–Crippen MR) is 125 cm³/mol. The molecule has 168 valence electrons. The number of guanidine groups is 1. The third-order valence-corrected chi connectivity index (χ3v) is 7.60. The molecule has 9 heteroatoms. The van der Waals surface area contributed by atoms with Gasteiger partial charge in [-0.1, -0.05) is 13.3 Å². The first-order valence-corrected chi connectivity index (χ1v) is 12.7. The van der Waals surface area contributed by atoms with Crippen molar-refractivity contribution in [3.8, 4) is 0 Å². The minimum absolute atomic E-state index is 0.328. The van der Waals surface area contributed by atoms with Crippen molar-refractivity contribution in [3.63, 3.8) is 0 Å². The largest absolute Gasteiger partial charge is 0.357 e. The normalized spacial score (nSPS) is 24.5. The first-order chi connectivity index (χ1) is 14.7. The summed E-state index contributed by atoms with van der Waals surface area (Å²) < 4.78 is 12.2. The summed E-state index contributed by atoms with van der Waals surface area (Å²) >= 11 is 0. The maximum Gasteiger partial charge on any atom is 0.225 e. The van der Waals surface area contributed by atoms with Crippen LogP contribution in [0.1, 0.15) is 39.5 Å². The van der Waals surface area contributed by atoms with Crippen molar-refractivity contribution in [1.82, 2.24) is 25.5 Å². The molecule has 0 aromatic carbocycles. The summed E-state index contributed by atoms with van der Waals surface area (Å²) in [6, 6.07) is 2.22. The highest BCUT2D eigenvalue weighted by atomic mass is 32.2. The zero-order valence-electron chi connectivity index (χ0n) is 18.4. The maximum absolute atomic E-state index is 12.2. The average Bonchev–Trinajstić information content (AvgIpc) is 2.80. The summed E-state index contributed by atoms with van der Waals surface area (Å²) in [6.45, 7) is 10.6. The van der Waals surface area contributed by atoms with Gasteiger partial charge < -0.3 is 15.5 Å². The molecular weight excluding hydrogens is 398 g/mol. The molecule has 0 spiro atoms. The first-order valence-electron chi connectivity index (χ1n) is 11.4. The fraction of sp³-hybridized carbons (Fsp3) is 0.762. The van der Waals surface area contributed by atoms with Crippen LogP contribution in [0.3, 0.4) is 0 Å². The minimum Gasteiger partial charge on any atom is -0.357 e. The second kappa shape index (κ2) is 12.2. The van der Waals surface area contributed by atoms with Gasteiger partial charge in [-0.2, -0.15) is 0 Å². The van der Waals surface area contributed by atoms with E-state index in [9.17, 15) is 4.21 Å². The molecule has 0 bridgehead atoms. The van der Waals surface area contributed by atoms with Crippen molar-refractivity contribution in [2.45, 2.75) is 50.8 Å². The Morgan fingerprint density at radius 2 is 1.97 bits per heavy atom. The van der Waals surface area contributed by atoms with Crippen LogP contribution in [0.4, 0.5) is 5.95 Å². The van der Waals surface area contributed by atoms with Crippen molar-refractivity contribution in [2.75, 3.05) is 56.5 Å². The Hall–Kier alpha value is -1.74. The third kappa shape index (κ3) is 6.91. The summed E-state index contributed by atoms with van der Waals surface area (Å²) in [6.07, 6.45) is 7.94. The predicted octanol–water partition coefficient (Wildman–Crippen LogP) is 1.23. The number of rotatable bonds is 8. The van der Waals surface area contributed by atoms with E-state index < -0.39 is 10.8 Å². The molecule has 2 aliphatic rings. The van der Waals surface area contributed by atoms with Crippen LogP contribution >= 0.6 is 0 Å². The Kier molecular flexibility index (Phi) is 9.32. The van der Waals surface area contributed by atoms with Gasteiger partial charge in [0.05, 0.1) is 6.54 Å². The molecule has 2 heterocycles. The molecule has 3 unspecified atom stereocenters. The Morgan fingerprint density at radius 3 is 2.67 bits per heavy atom. The molecule has 8 nitrogen and oxygen atoms in total.